The average Bonchev–Trinajstić information content (AvgIpc) is 2.32. The first-order valence-corrected chi connectivity index (χ1v) is 4.96. The maximum atomic E-state index is 10.9. The fraction of sp³-hybridized carbons (Fsp3) is 0.0833. The van der Waals surface area contributed by atoms with E-state index in [0.717, 1.165) is 0 Å². The van der Waals surface area contributed by atoms with Gasteiger partial charge < -0.3 is 9.84 Å². The van der Waals surface area contributed by atoms with Crippen molar-refractivity contribution in [2.75, 3.05) is 0 Å². The molecule has 0 aliphatic carbocycles. The van der Waals surface area contributed by atoms with Crippen molar-refractivity contribution in [3.63, 3.8) is 0 Å². The van der Waals surface area contributed by atoms with E-state index in [-0.39, 0.29) is 11.4 Å². The molecular weight excluding hydrogens is 220 g/mol. The van der Waals surface area contributed by atoms with E-state index in [0.29, 0.717) is 11.4 Å². The maximum Gasteiger partial charge on any atom is 0.358 e. The summed E-state index contributed by atoms with van der Waals surface area (Å²) in [6, 6.07) is 6.62. The van der Waals surface area contributed by atoms with Gasteiger partial charge in [0.2, 0.25) is 0 Å². The van der Waals surface area contributed by atoms with Gasteiger partial charge in [0.15, 0.2) is 11.4 Å². The standard InChI is InChI=1S/C12H10N2O3/c1-8-9(4-2-6-13-8)17-10-5-3-7-14-11(10)12(15)16/h2-7H,1H3,(H,15,16). The summed E-state index contributed by atoms with van der Waals surface area (Å²) in [4.78, 5) is 18.8. The van der Waals surface area contributed by atoms with E-state index in [2.05, 4.69) is 9.97 Å². The highest BCUT2D eigenvalue weighted by molar-refractivity contribution is 5.88. The van der Waals surface area contributed by atoms with Crippen LogP contribution in [0.15, 0.2) is 36.7 Å². The molecule has 2 heterocycles. The number of nitrogens with zero attached hydrogens (tertiary/aromatic N) is 2. The van der Waals surface area contributed by atoms with Crippen LogP contribution < -0.4 is 4.74 Å². The number of aromatic nitrogens is 2. The Morgan fingerprint density at radius 3 is 2.47 bits per heavy atom. The number of rotatable bonds is 3. The molecule has 2 rings (SSSR count). The van der Waals surface area contributed by atoms with Crippen molar-refractivity contribution >= 4 is 5.97 Å². The second-order valence-corrected chi connectivity index (χ2v) is 3.34. The minimum absolute atomic E-state index is 0.115. The van der Waals surface area contributed by atoms with Gasteiger partial charge in [0.05, 0.1) is 5.69 Å². The molecule has 2 aromatic heterocycles. The number of carboxylic acids is 1. The van der Waals surface area contributed by atoms with Gasteiger partial charge in [0.25, 0.3) is 0 Å². The molecule has 0 saturated carbocycles. The average molecular weight is 230 g/mol. The molecule has 86 valence electrons. The van der Waals surface area contributed by atoms with E-state index in [9.17, 15) is 4.79 Å². The molecule has 0 aliphatic heterocycles. The summed E-state index contributed by atoms with van der Waals surface area (Å²) in [5.74, 6) is -0.402. The van der Waals surface area contributed by atoms with Crippen LogP contribution in [-0.4, -0.2) is 21.0 Å². The van der Waals surface area contributed by atoms with Crippen molar-refractivity contribution in [3.8, 4) is 11.5 Å². The number of ether oxygens (including phenoxy) is 1. The lowest BCUT2D eigenvalue weighted by Crippen LogP contribution is -2.03. The molecule has 0 unspecified atom stereocenters. The van der Waals surface area contributed by atoms with E-state index >= 15 is 0 Å². The first kappa shape index (κ1) is 11.1. The third-order valence-electron chi connectivity index (χ3n) is 2.15. The first-order chi connectivity index (χ1) is 8.18. The minimum atomic E-state index is -1.12. The van der Waals surface area contributed by atoms with Gasteiger partial charge in [0, 0.05) is 12.4 Å². The molecule has 2 aromatic rings. The zero-order valence-electron chi connectivity index (χ0n) is 9.12. The highest BCUT2D eigenvalue weighted by Gasteiger charge is 2.13. The van der Waals surface area contributed by atoms with Crippen molar-refractivity contribution < 1.29 is 14.6 Å². The Morgan fingerprint density at radius 1 is 1.18 bits per heavy atom. The second-order valence-electron chi connectivity index (χ2n) is 3.34. The second kappa shape index (κ2) is 4.61. The Hall–Kier alpha value is -2.43. The summed E-state index contributed by atoms with van der Waals surface area (Å²) in [5, 5.41) is 8.95. The Kier molecular flexibility index (Phi) is 3.00. The molecular formula is C12H10N2O3. The Balaban J connectivity index is 2.37. The van der Waals surface area contributed by atoms with Crippen LogP contribution in [0.2, 0.25) is 0 Å². The molecule has 0 aliphatic rings. The number of carboxylic acid groups (broad SMARTS) is 1. The molecule has 0 amide bonds. The largest absolute Gasteiger partial charge is 0.476 e. The smallest absolute Gasteiger partial charge is 0.358 e. The van der Waals surface area contributed by atoms with E-state index < -0.39 is 5.97 Å². The fourth-order valence-corrected chi connectivity index (χ4v) is 1.33. The van der Waals surface area contributed by atoms with E-state index in [1.54, 1.807) is 37.4 Å². The van der Waals surface area contributed by atoms with Gasteiger partial charge in [-0.15, -0.1) is 0 Å². The Bertz CT molecular complexity index is 555. The highest BCUT2D eigenvalue weighted by Crippen LogP contribution is 2.25. The predicted octanol–water partition coefficient (Wildman–Crippen LogP) is 2.28. The number of carbonyl (C=O) groups is 1. The van der Waals surface area contributed by atoms with Gasteiger partial charge in [0.1, 0.15) is 5.75 Å². The number of aryl methyl sites for hydroxylation is 1. The van der Waals surface area contributed by atoms with Crippen molar-refractivity contribution in [2.24, 2.45) is 0 Å². The zero-order valence-corrected chi connectivity index (χ0v) is 9.12. The Morgan fingerprint density at radius 2 is 1.82 bits per heavy atom. The first-order valence-electron chi connectivity index (χ1n) is 4.96. The molecule has 0 bridgehead atoms. The van der Waals surface area contributed by atoms with E-state index in [4.69, 9.17) is 9.84 Å². The summed E-state index contributed by atoms with van der Waals surface area (Å²) in [7, 11) is 0. The highest BCUT2D eigenvalue weighted by atomic mass is 16.5. The number of hydrogen-bond acceptors (Lipinski definition) is 4. The van der Waals surface area contributed by atoms with Crippen LogP contribution in [0.25, 0.3) is 0 Å². The number of hydrogen-bond donors (Lipinski definition) is 1. The SMILES string of the molecule is Cc1ncccc1Oc1cccnc1C(=O)O. The molecule has 0 spiro atoms. The van der Waals surface area contributed by atoms with Crippen molar-refractivity contribution in [1.82, 2.24) is 9.97 Å². The lowest BCUT2D eigenvalue weighted by Gasteiger charge is -2.08. The van der Waals surface area contributed by atoms with Crippen LogP contribution >= 0.6 is 0 Å². The molecule has 0 radical (unpaired) electrons. The van der Waals surface area contributed by atoms with Crippen LogP contribution in [0, 0.1) is 6.92 Å². The fourth-order valence-electron chi connectivity index (χ4n) is 1.33. The summed E-state index contributed by atoms with van der Waals surface area (Å²) in [6.45, 7) is 1.78. The van der Waals surface area contributed by atoms with Gasteiger partial charge in [-0.05, 0) is 31.2 Å². The lowest BCUT2D eigenvalue weighted by atomic mass is 10.3. The Labute approximate surface area is 97.7 Å². The van der Waals surface area contributed by atoms with Gasteiger partial charge in [-0.3, -0.25) is 4.98 Å². The quantitative estimate of drug-likeness (QED) is 0.875. The summed E-state index contributed by atoms with van der Waals surface area (Å²) >= 11 is 0. The number of pyridine rings is 2. The van der Waals surface area contributed by atoms with Gasteiger partial charge >= 0.3 is 5.97 Å². The summed E-state index contributed by atoms with van der Waals surface area (Å²) in [6.07, 6.45) is 3.05. The summed E-state index contributed by atoms with van der Waals surface area (Å²) in [5.41, 5.74) is 0.573. The topological polar surface area (TPSA) is 72.3 Å². The summed E-state index contributed by atoms with van der Waals surface area (Å²) < 4.78 is 5.50. The molecule has 5 nitrogen and oxygen atoms in total. The number of aromatic carboxylic acids is 1. The molecule has 5 heteroatoms. The van der Waals surface area contributed by atoms with Gasteiger partial charge in [-0.2, -0.15) is 0 Å². The van der Waals surface area contributed by atoms with Crippen LogP contribution in [0.1, 0.15) is 16.2 Å². The van der Waals surface area contributed by atoms with Gasteiger partial charge in [-0.1, -0.05) is 0 Å². The van der Waals surface area contributed by atoms with Crippen molar-refractivity contribution in [3.05, 3.63) is 48.0 Å². The lowest BCUT2D eigenvalue weighted by molar-refractivity contribution is 0.0687. The van der Waals surface area contributed by atoms with Gasteiger partial charge in [-0.25, -0.2) is 9.78 Å². The van der Waals surface area contributed by atoms with E-state index in [1.807, 2.05) is 0 Å². The van der Waals surface area contributed by atoms with Crippen LogP contribution in [-0.2, 0) is 0 Å². The molecule has 1 N–H and O–H groups in total. The maximum absolute atomic E-state index is 10.9. The molecule has 0 saturated heterocycles. The minimum Gasteiger partial charge on any atom is -0.476 e. The monoisotopic (exact) mass is 230 g/mol. The molecule has 0 fully saturated rings. The van der Waals surface area contributed by atoms with Crippen LogP contribution in [0.3, 0.4) is 0 Å². The zero-order chi connectivity index (χ0) is 12.3. The molecule has 0 aromatic carbocycles. The van der Waals surface area contributed by atoms with Crippen LogP contribution in [0.4, 0.5) is 0 Å². The predicted molar refractivity (Wildman–Crippen MR) is 60.2 cm³/mol. The normalized spacial score (nSPS) is 9.94. The molecule has 0 atom stereocenters. The third kappa shape index (κ3) is 2.39. The van der Waals surface area contributed by atoms with Crippen LogP contribution in [0.5, 0.6) is 11.5 Å². The van der Waals surface area contributed by atoms with Crippen molar-refractivity contribution in [2.45, 2.75) is 6.92 Å². The van der Waals surface area contributed by atoms with Crippen molar-refractivity contribution in [1.29, 1.82) is 0 Å². The molecule has 17 heavy (non-hydrogen) atoms. The van der Waals surface area contributed by atoms with E-state index in [1.165, 1.54) is 6.20 Å². The third-order valence-corrected chi connectivity index (χ3v) is 2.15.